The molecule has 0 saturated heterocycles. The normalized spacial score (nSPS) is 11.4. The number of nitrogens with zero attached hydrogens (tertiary/aromatic N) is 1. The van der Waals surface area contributed by atoms with Crippen LogP contribution >= 0.6 is 11.6 Å². The Kier molecular flexibility index (Phi) is 6.67. The molecule has 0 radical (unpaired) electrons. The number of amides is 1. The average Bonchev–Trinajstić information content (AvgIpc) is 2.58. The van der Waals surface area contributed by atoms with Crippen molar-refractivity contribution in [3.8, 4) is 0 Å². The smallest absolute Gasteiger partial charge is 0.264 e. The highest BCUT2D eigenvalue weighted by atomic mass is 35.5. The molecule has 0 aliphatic carbocycles. The maximum atomic E-state index is 13.1. The van der Waals surface area contributed by atoms with Gasteiger partial charge >= 0.3 is 0 Å². The minimum Gasteiger partial charge on any atom is -0.354 e. The van der Waals surface area contributed by atoms with Crippen LogP contribution in [0.1, 0.15) is 19.4 Å². The number of sulfonamides is 1. The van der Waals surface area contributed by atoms with Crippen LogP contribution in [0.5, 0.6) is 0 Å². The number of nitrogens with one attached hydrogen (secondary N) is 1. The minimum absolute atomic E-state index is 0.0834. The van der Waals surface area contributed by atoms with Crippen LogP contribution in [0.25, 0.3) is 0 Å². The van der Waals surface area contributed by atoms with Crippen molar-refractivity contribution in [1.29, 1.82) is 0 Å². The van der Waals surface area contributed by atoms with Crippen LogP contribution in [0.2, 0.25) is 5.02 Å². The molecule has 1 amide bonds. The van der Waals surface area contributed by atoms with Gasteiger partial charge < -0.3 is 5.32 Å². The Morgan fingerprint density at radius 2 is 1.81 bits per heavy atom. The van der Waals surface area contributed by atoms with E-state index in [2.05, 4.69) is 5.32 Å². The Morgan fingerprint density at radius 3 is 2.38 bits per heavy atom. The van der Waals surface area contributed by atoms with E-state index in [4.69, 9.17) is 11.6 Å². The van der Waals surface area contributed by atoms with Crippen molar-refractivity contribution >= 4 is 33.2 Å². The van der Waals surface area contributed by atoms with E-state index in [0.717, 1.165) is 9.87 Å². The van der Waals surface area contributed by atoms with E-state index in [9.17, 15) is 13.2 Å². The number of carbonyl (C=O) groups excluding carboxylic acids is 1. The molecule has 0 spiro atoms. The van der Waals surface area contributed by atoms with Gasteiger partial charge in [0.25, 0.3) is 10.0 Å². The van der Waals surface area contributed by atoms with Crippen molar-refractivity contribution in [2.24, 2.45) is 5.92 Å². The number of carbonyl (C=O) groups is 1. The third-order valence-corrected chi connectivity index (χ3v) is 5.73. The zero-order chi connectivity index (χ0) is 19.3. The predicted octanol–water partition coefficient (Wildman–Crippen LogP) is 3.62. The molecule has 0 saturated carbocycles. The van der Waals surface area contributed by atoms with Crippen LogP contribution in [0.15, 0.2) is 53.4 Å². The summed E-state index contributed by atoms with van der Waals surface area (Å²) in [5.41, 5.74) is 1.35. The van der Waals surface area contributed by atoms with Crippen molar-refractivity contribution in [2.75, 3.05) is 17.4 Å². The number of anilines is 1. The number of benzene rings is 2. The molecular weight excluding hydrogens is 372 g/mol. The van der Waals surface area contributed by atoms with Gasteiger partial charge in [0.2, 0.25) is 5.91 Å². The highest BCUT2D eigenvalue weighted by Crippen LogP contribution is 2.25. The van der Waals surface area contributed by atoms with Crippen molar-refractivity contribution in [2.45, 2.75) is 25.7 Å². The monoisotopic (exact) mass is 394 g/mol. The average molecular weight is 395 g/mol. The fourth-order valence-electron chi connectivity index (χ4n) is 2.34. The lowest BCUT2D eigenvalue weighted by Crippen LogP contribution is -2.41. The van der Waals surface area contributed by atoms with Gasteiger partial charge in [0.15, 0.2) is 0 Å². The number of hydrogen-bond donors (Lipinski definition) is 1. The Bertz CT molecular complexity index is 865. The summed E-state index contributed by atoms with van der Waals surface area (Å²) in [5, 5.41) is 3.21. The maximum Gasteiger partial charge on any atom is 0.264 e. The van der Waals surface area contributed by atoms with E-state index in [1.54, 1.807) is 18.2 Å². The first-order chi connectivity index (χ1) is 12.2. The van der Waals surface area contributed by atoms with Gasteiger partial charge in [-0.25, -0.2) is 8.42 Å². The molecule has 0 aromatic heterocycles. The number of aryl methyl sites for hydroxylation is 1. The Balaban J connectivity index is 2.39. The molecule has 0 aliphatic rings. The van der Waals surface area contributed by atoms with E-state index in [1.165, 1.54) is 24.3 Å². The lowest BCUT2D eigenvalue weighted by atomic mass is 10.2. The number of halogens is 1. The molecule has 2 rings (SSSR count). The van der Waals surface area contributed by atoms with Crippen LogP contribution in [0, 0.1) is 12.8 Å². The maximum absolute atomic E-state index is 13.1. The Hall–Kier alpha value is -2.05. The van der Waals surface area contributed by atoms with Crippen LogP contribution in [0.3, 0.4) is 0 Å². The SMILES string of the molecule is Cc1cccc(N(CC(=O)NCC(C)C)S(=O)(=O)c2ccc(Cl)cc2)c1. The summed E-state index contributed by atoms with van der Waals surface area (Å²) in [5.74, 6) is -0.0722. The van der Waals surface area contributed by atoms with Crippen LogP contribution in [-0.4, -0.2) is 27.4 Å². The van der Waals surface area contributed by atoms with Gasteiger partial charge in [-0.05, 0) is 54.8 Å². The lowest BCUT2D eigenvalue weighted by Gasteiger charge is -2.24. The van der Waals surface area contributed by atoms with Crippen molar-refractivity contribution in [3.05, 3.63) is 59.1 Å². The first-order valence-electron chi connectivity index (χ1n) is 8.32. The Labute approximate surface area is 160 Å². The van der Waals surface area contributed by atoms with Crippen LogP contribution in [0.4, 0.5) is 5.69 Å². The Morgan fingerprint density at radius 1 is 1.15 bits per heavy atom. The predicted molar refractivity (Wildman–Crippen MR) is 105 cm³/mol. The summed E-state index contributed by atoms with van der Waals surface area (Å²) in [7, 11) is -3.91. The summed E-state index contributed by atoms with van der Waals surface area (Å²) in [4.78, 5) is 12.4. The first kappa shape index (κ1) is 20.3. The lowest BCUT2D eigenvalue weighted by molar-refractivity contribution is -0.119. The second-order valence-corrected chi connectivity index (χ2v) is 8.80. The second-order valence-electron chi connectivity index (χ2n) is 6.50. The molecule has 0 aliphatic heterocycles. The van der Waals surface area contributed by atoms with Crippen molar-refractivity contribution in [3.63, 3.8) is 0 Å². The molecule has 2 aromatic rings. The van der Waals surface area contributed by atoms with Gasteiger partial charge in [-0.15, -0.1) is 0 Å². The van der Waals surface area contributed by atoms with Crippen molar-refractivity contribution < 1.29 is 13.2 Å². The van der Waals surface area contributed by atoms with E-state index < -0.39 is 10.0 Å². The minimum atomic E-state index is -3.91. The van der Waals surface area contributed by atoms with Crippen molar-refractivity contribution in [1.82, 2.24) is 5.32 Å². The summed E-state index contributed by atoms with van der Waals surface area (Å²) < 4.78 is 27.4. The van der Waals surface area contributed by atoms with Crippen LogP contribution < -0.4 is 9.62 Å². The van der Waals surface area contributed by atoms with Gasteiger partial charge in [-0.3, -0.25) is 9.10 Å². The van der Waals surface area contributed by atoms with E-state index in [-0.39, 0.29) is 23.3 Å². The first-order valence-corrected chi connectivity index (χ1v) is 10.1. The zero-order valence-corrected chi connectivity index (χ0v) is 16.6. The topological polar surface area (TPSA) is 66.5 Å². The molecule has 0 heterocycles. The van der Waals surface area contributed by atoms with Gasteiger partial charge in [0.1, 0.15) is 6.54 Å². The molecule has 1 N–H and O–H groups in total. The number of hydrogen-bond acceptors (Lipinski definition) is 3. The van der Waals surface area contributed by atoms with Gasteiger partial charge in [0, 0.05) is 11.6 Å². The van der Waals surface area contributed by atoms with E-state index in [0.29, 0.717) is 17.3 Å². The fraction of sp³-hybridized carbons (Fsp3) is 0.316. The molecule has 26 heavy (non-hydrogen) atoms. The molecule has 2 aromatic carbocycles. The summed E-state index contributed by atoms with van der Waals surface area (Å²) >= 11 is 5.86. The fourth-order valence-corrected chi connectivity index (χ4v) is 3.88. The van der Waals surface area contributed by atoms with E-state index in [1.807, 2.05) is 26.8 Å². The third-order valence-electron chi connectivity index (χ3n) is 3.69. The number of rotatable bonds is 7. The highest BCUT2D eigenvalue weighted by Gasteiger charge is 2.27. The highest BCUT2D eigenvalue weighted by molar-refractivity contribution is 7.92. The largest absolute Gasteiger partial charge is 0.354 e. The summed E-state index contributed by atoms with van der Waals surface area (Å²) in [6.45, 7) is 6.02. The van der Waals surface area contributed by atoms with Gasteiger partial charge in [-0.1, -0.05) is 37.6 Å². The molecule has 0 fully saturated rings. The molecule has 7 heteroatoms. The molecule has 0 bridgehead atoms. The van der Waals surface area contributed by atoms with Gasteiger partial charge in [-0.2, -0.15) is 0 Å². The van der Waals surface area contributed by atoms with E-state index >= 15 is 0 Å². The second kappa shape index (κ2) is 8.56. The summed E-state index contributed by atoms with van der Waals surface area (Å²) in [6.07, 6.45) is 0. The molecule has 0 atom stereocenters. The third kappa shape index (κ3) is 5.22. The molecule has 0 unspecified atom stereocenters. The standard InChI is InChI=1S/C19H23ClN2O3S/c1-14(2)12-21-19(23)13-22(17-6-4-5-15(3)11-17)26(24,25)18-9-7-16(20)8-10-18/h4-11,14H,12-13H2,1-3H3,(H,21,23). The van der Waals surface area contributed by atoms with Crippen LogP contribution in [-0.2, 0) is 14.8 Å². The zero-order valence-electron chi connectivity index (χ0n) is 15.1. The molecule has 140 valence electrons. The quantitative estimate of drug-likeness (QED) is 0.779. The molecular formula is C19H23ClN2O3S. The summed E-state index contributed by atoms with van der Waals surface area (Å²) in [6, 6.07) is 13.0. The van der Waals surface area contributed by atoms with Gasteiger partial charge in [0.05, 0.1) is 10.6 Å². The molecule has 5 nitrogen and oxygen atoms in total.